The number of nitrogens with one attached hydrogen (secondary N) is 2. The monoisotopic (exact) mass is 349 g/mol. The van der Waals surface area contributed by atoms with Crippen molar-refractivity contribution in [2.24, 2.45) is 0 Å². The van der Waals surface area contributed by atoms with E-state index in [2.05, 4.69) is 39.5 Å². The molecule has 1 aromatic heterocycles. The van der Waals surface area contributed by atoms with Gasteiger partial charge in [-0.25, -0.2) is 0 Å². The van der Waals surface area contributed by atoms with Crippen molar-refractivity contribution in [3.63, 3.8) is 0 Å². The summed E-state index contributed by atoms with van der Waals surface area (Å²) in [5.41, 5.74) is 2.87. The number of piperazine rings is 1. The number of rotatable bonds is 4. The van der Waals surface area contributed by atoms with E-state index in [0.717, 1.165) is 41.9 Å². The third kappa shape index (κ3) is 3.49. The molecule has 0 spiro atoms. The molecule has 5 nitrogen and oxygen atoms in total. The van der Waals surface area contributed by atoms with Crippen molar-refractivity contribution in [1.82, 2.24) is 15.2 Å². The van der Waals surface area contributed by atoms with Crippen LogP contribution in [0.4, 0.5) is 0 Å². The van der Waals surface area contributed by atoms with Crippen LogP contribution in [0.15, 0.2) is 59.4 Å². The third-order valence-electron chi connectivity index (χ3n) is 4.99. The van der Waals surface area contributed by atoms with E-state index >= 15 is 0 Å². The largest absolute Gasteiger partial charge is 0.497 e. The van der Waals surface area contributed by atoms with Crippen LogP contribution < -0.4 is 15.6 Å². The van der Waals surface area contributed by atoms with Gasteiger partial charge < -0.3 is 15.0 Å². The van der Waals surface area contributed by atoms with Gasteiger partial charge in [0.05, 0.1) is 12.6 Å². The summed E-state index contributed by atoms with van der Waals surface area (Å²) in [7, 11) is 1.63. The van der Waals surface area contributed by atoms with Gasteiger partial charge in [0.2, 0.25) is 0 Å². The molecule has 2 heterocycles. The number of nitrogens with zero attached hydrogens (tertiary/aromatic N) is 1. The second-order valence-electron chi connectivity index (χ2n) is 6.73. The first-order valence-electron chi connectivity index (χ1n) is 8.93. The van der Waals surface area contributed by atoms with Crippen molar-refractivity contribution in [2.75, 3.05) is 26.7 Å². The lowest BCUT2D eigenvalue weighted by Crippen LogP contribution is -2.45. The van der Waals surface area contributed by atoms with Gasteiger partial charge in [-0.05, 0) is 29.1 Å². The first-order valence-corrected chi connectivity index (χ1v) is 8.93. The topological polar surface area (TPSA) is 57.4 Å². The van der Waals surface area contributed by atoms with Crippen molar-refractivity contribution >= 4 is 10.9 Å². The van der Waals surface area contributed by atoms with Gasteiger partial charge in [-0.2, -0.15) is 0 Å². The predicted molar refractivity (Wildman–Crippen MR) is 104 cm³/mol. The molecule has 1 saturated heterocycles. The van der Waals surface area contributed by atoms with Crippen LogP contribution >= 0.6 is 0 Å². The van der Waals surface area contributed by atoms with Crippen molar-refractivity contribution in [1.29, 1.82) is 0 Å². The van der Waals surface area contributed by atoms with E-state index in [1.165, 1.54) is 5.56 Å². The molecule has 0 amide bonds. The standard InChI is InChI=1S/C21H23N3O2/c1-26-18-8-7-16-11-17(21(25)23-19(16)12-18)13-24-10-9-22-20(14-24)15-5-3-2-4-6-15/h2-8,11-12,20,22H,9-10,13-14H2,1H3,(H,23,25)/t20-/m1/s1. The maximum Gasteiger partial charge on any atom is 0.252 e. The van der Waals surface area contributed by atoms with Crippen LogP contribution in [-0.4, -0.2) is 36.6 Å². The predicted octanol–water partition coefficient (Wildman–Crippen LogP) is 2.68. The van der Waals surface area contributed by atoms with Crippen LogP contribution in [0.5, 0.6) is 5.75 Å². The summed E-state index contributed by atoms with van der Waals surface area (Å²) in [6, 6.07) is 18.5. The highest BCUT2D eigenvalue weighted by molar-refractivity contribution is 5.80. The van der Waals surface area contributed by atoms with Gasteiger partial charge in [-0.15, -0.1) is 0 Å². The molecule has 1 atom stereocenters. The Morgan fingerprint density at radius 1 is 1.15 bits per heavy atom. The molecule has 0 aliphatic carbocycles. The van der Waals surface area contributed by atoms with Crippen LogP contribution in [-0.2, 0) is 6.54 Å². The normalized spacial score (nSPS) is 18.1. The summed E-state index contributed by atoms with van der Waals surface area (Å²) < 4.78 is 5.23. The molecule has 0 radical (unpaired) electrons. The van der Waals surface area contributed by atoms with Crippen molar-refractivity contribution < 1.29 is 4.74 Å². The molecule has 2 N–H and O–H groups in total. The lowest BCUT2D eigenvalue weighted by molar-refractivity contribution is 0.192. The van der Waals surface area contributed by atoms with Gasteiger partial charge in [-0.1, -0.05) is 30.3 Å². The second-order valence-corrected chi connectivity index (χ2v) is 6.73. The molecule has 1 fully saturated rings. The maximum absolute atomic E-state index is 12.5. The van der Waals surface area contributed by atoms with Crippen LogP contribution in [0.1, 0.15) is 17.2 Å². The van der Waals surface area contributed by atoms with Gasteiger partial charge in [-0.3, -0.25) is 9.69 Å². The summed E-state index contributed by atoms with van der Waals surface area (Å²) in [6.45, 7) is 3.40. The zero-order valence-electron chi connectivity index (χ0n) is 14.9. The summed E-state index contributed by atoms with van der Waals surface area (Å²) in [5, 5.41) is 4.59. The van der Waals surface area contributed by atoms with E-state index in [4.69, 9.17) is 4.74 Å². The quantitative estimate of drug-likeness (QED) is 0.760. The highest BCUT2D eigenvalue weighted by Crippen LogP contribution is 2.21. The van der Waals surface area contributed by atoms with Gasteiger partial charge in [0.15, 0.2) is 0 Å². The molecular formula is C21H23N3O2. The van der Waals surface area contributed by atoms with Crippen molar-refractivity contribution in [3.8, 4) is 5.75 Å². The fourth-order valence-electron chi connectivity index (χ4n) is 3.57. The average molecular weight is 349 g/mol. The molecule has 26 heavy (non-hydrogen) atoms. The zero-order chi connectivity index (χ0) is 17.9. The molecule has 134 valence electrons. The smallest absolute Gasteiger partial charge is 0.252 e. The molecule has 0 unspecified atom stereocenters. The first kappa shape index (κ1) is 16.8. The highest BCUT2D eigenvalue weighted by Gasteiger charge is 2.21. The molecular weight excluding hydrogens is 326 g/mol. The van der Waals surface area contributed by atoms with Crippen molar-refractivity contribution in [2.45, 2.75) is 12.6 Å². The van der Waals surface area contributed by atoms with Gasteiger partial charge in [0, 0.05) is 43.9 Å². The molecule has 4 rings (SSSR count). The number of aromatic amines is 1. The van der Waals surface area contributed by atoms with Crippen LogP contribution in [0.3, 0.4) is 0 Å². The Labute approximate surface area is 152 Å². The number of pyridine rings is 1. The molecule has 3 aromatic rings. The van der Waals surface area contributed by atoms with Crippen LogP contribution in [0.2, 0.25) is 0 Å². The van der Waals surface area contributed by atoms with Crippen LogP contribution in [0.25, 0.3) is 10.9 Å². The maximum atomic E-state index is 12.5. The van der Waals surface area contributed by atoms with E-state index in [1.54, 1.807) is 7.11 Å². The van der Waals surface area contributed by atoms with E-state index in [1.807, 2.05) is 30.3 Å². The number of benzene rings is 2. The Balaban J connectivity index is 1.55. The lowest BCUT2D eigenvalue weighted by Gasteiger charge is -2.33. The SMILES string of the molecule is COc1ccc2cc(CN3CCN[C@@H](c4ccccc4)C3)c(=O)[nH]c2c1. The molecule has 1 aliphatic heterocycles. The van der Waals surface area contributed by atoms with Gasteiger partial charge >= 0.3 is 0 Å². The van der Waals surface area contributed by atoms with E-state index in [0.29, 0.717) is 12.6 Å². The van der Waals surface area contributed by atoms with E-state index in [-0.39, 0.29) is 5.56 Å². The number of aromatic nitrogens is 1. The van der Waals surface area contributed by atoms with E-state index in [9.17, 15) is 4.79 Å². The summed E-state index contributed by atoms with van der Waals surface area (Å²) >= 11 is 0. The summed E-state index contributed by atoms with van der Waals surface area (Å²) in [5.74, 6) is 0.744. The van der Waals surface area contributed by atoms with Crippen LogP contribution in [0, 0.1) is 0 Å². The second kappa shape index (κ2) is 7.32. The minimum Gasteiger partial charge on any atom is -0.497 e. The Hall–Kier alpha value is -2.63. The number of methoxy groups -OCH3 is 1. The van der Waals surface area contributed by atoms with Gasteiger partial charge in [0.25, 0.3) is 5.56 Å². The molecule has 1 aliphatic rings. The Bertz CT molecular complexity index is 952. The highest BCUT2D eigenvalue weighted by atomic mass is 16.5. The number of H-pyrrole nitrogens is 1. The Morgan fingerprint density at radius 2 is 2.00 bits per heavy atom. The number of fused-ring (bicyclic) bond motifs is 1. The summed E-state index contributed by atoms with van der Waals surface area (Å²) in [6.07, 6.45) is 0. The Morgan fingerprint density at radius 3 is 2.81 bits per heavy atom. The molecule has 2 aromatic carbocycles. The fraction of sp³-hybridized carbons (Fsp3) is 0.286. The minimum atomic E-state index is -0.0273. The van der Waals surface area contributed by atoms with Crippen molar-refractivity contribution in [3.05, 3.63) is 76.1 Å². The average Bonchev–Trinajstić information content (AvgIpc) is 2.69. The summed E-state index contributed by atoms with van der Waals surface area (Å²) in [4.78, 5) is 17.8. The van der Waals surface area contributed by atoms with Gasteiger partial charge in [0.1, 0.15) is 5.75 Å². The number of hydrogen-bond donors (Lipinski definition) is 2. The first-order chi connectivity index (χ1) is 12.7. The van der Waals surface area contributed by atoms with E-state index < -0.39 is 0 Å². The minimum absolute atomic E-state index is 0.0273. The zero-order valence-corrected chi connectivity index (χ0v) is 14.9. The Kier molecular flexibility index (Phi) is 4.73. The molecule has 0 bridgehead atoms. The number of ether oxygens (including phenoxy) is 1. The number of hydrogen-bond acceptors (Lipinski definition) is 4. The third-order valence-corrected chi connectivity index (χ3v) is 4.99. The molecule has 0 saturated carbocycles. The fourth-order valence-corrected chi connectivity index (χ4v) is 3.57. The molecule has 5 heteroatoms. The lowest BCUT2D eigenvalue weighted by atomic mass is 10.0.